The van der Waals surface area contributed by atoms with Gasteiger partial charge < -0.3 is 15.0 Å². The molecule has 74 valence electrons. The lowest BCUT2D eigenvalue weighted by Crippen LogP contribution is -2.22. The summed E-state index contributed by atoms with van der Waals surface area (Å²) in [6.07, 6.45) is 0. The van der Waals surface area contributed by atoms with Gasteiger partial charge in [-0.05, 0) is 6.07 Å². The van der Waals surface area contributed by atoms with Gasteiger partial charge in [-0.3, -0.25) is 10.1 Å². The molecule has 0 heterocycles. The first-order chi connectivity index (χ1) is 6.56. The molecule has 0 aliphatic carbocycles. The molecule has 1 N–H and O–H groups in total. The van der Waals surface area contributed by atoms with Crippen molar-refractivity contribution in [3.8, 4) is 0 Å². The average Bonchev–Trinajstić information content (AvgIpc) is 2.16. The van der Waals surface area contributed by atoms with Crippen molar-refractivity contribution in [2.45, 2.75) is 6.61 Å². The summed E-state index contributed by atoms with van der Waals surface area (Å²) in [7, 11) is 0. The first-order valence-electron chi connectivity index (χ1n) is 3.65. The third-order valence-corrected chi connectivity index (χ3v) is 1.69. The van der Waals surface area contributed by atoms with Crippen molar-refractivity contribution < 1.29 is 19.9 Å². The van der Waals surface area contributed by atoms with E-state index >= 15 is 0 Å². The zero-order chi connectivity index (χ0) is 10.7. The number of carboxylic acids is 1. The summed E-state index contributed by atoms with van der Waals surface area (Å²) in [5, 5.41) is 29.5. The van der Waals surface area contributed by atoms with E-state index in [-0.39, 0.29) is 11.1 Å². The van der Waals surface area contributed by atoms with E-state index in [4.69, 9.17) is 5.11 Å². The molecule has 0 saturated carbocycles. The van der Waals surface area contributed by atoms with Crippen LogP contribution in [0.15, 0.2) is 18.2 Å². The van der Waals surface area contributed by atoms with Crippen LogP contribution in [0, 0.1) is 10.1 Å². The highest BCUT2D eigenvalue weighted by molar-refractivity contribution is 5.86. The maximum Gasteiger partial charge on any atom is 0.275 e. The fourth-order valence-electron chi connectivity index (χ4n) is 0.994. The minimum atomic E-state index is -1.49. The highest BCUT2D eigenvalue weighted by atomic mass is 16.6. The van der Waals surface area contributed by atoms with Gasteiger partial charge in [0.05, 0.1) is 23.1 Å². The van der Waals surface area contributed by atoms with Crippen molar-refractivity contribution in [3.63, 3.8) is 0 Å². The monoisotopic (exact) mass is 196 g/mol. The lowest BCUT2D eigenvalue weighted by atomic mass is 10.1. The lowest BCUT2D eigenvalue weighted by molar-refractivity contribution is -0.386. The van der Waals surface area contributed by atoms with Crippen LogP contribution in [0.5, 0.6) is 0 Å². The largest absolute Gasteiger partial charge is 0.545 e. The lowest BCUT2D eigenvalue weighted by Gasteiger charge is -2.04. The van der Waals surface area contributed by atoms with Gasteiger partial charge in [0.15, 0.2) is 0 Å². The SMILES string of the molecule is O=C([O-])c1ccc(CO)c([N+](=O)[O-])c1. The molecule has 0 bridgehead atoms. The molecule has 0 fully saturated rings. The maximum absolute atomic E-state index is 10.4. The molecule has 6 heteroatoms. The Balaban J connectivity index is 3.27. The number of carboxylic acid groups (broad SMARTS) is 1. The molecular weight excluding hydrogens is 190 g/mol. The van der Waals surface area contributed by atoms with Gasteiger partial charge in [-0.25, -0.2) is 0 Å². The second-order valence-electron chi connectivity index (χ2n) is 2.55. The van der Waals surface area contributed by atoms with E-state index in [1.807, 2.05) is 0 Å². The molecule has 1 aromatic carbocycles. The summed E-state index contributed by atoms with van der Waals surface area (Å²) in [4.78, 5) is 20.1. The zero-order valence-electron chi connectivity index (χ0n) is 6.97. The van der Waals surface area contributed by atoms with Crippen molar-refractivity contribution in [1.82, 2.24) is 0 Å². The first-order valence-corrected chi connectivity index (χ1v) is 3.65. The Labute approximate surface area is 78.6 Å². The smallest absolute Gasteiger partial charge is 0.275 e. The van der Waals surface area contributed by atoms with E-state index < -0.39 is 23.2 Å². The number of rotatable bonds is 3. The highest BCUT2D eigenvalue weighted by Gasteiger charge is 2.13. The Morgan fingerprint density at radius 2 is 2.14 bits per heavy atom. The number of aromatic carboxylic acids is 1. The third-order valence-electron chi connectivity index (χ3n) is 1.69. The number of carbonyl (C=O) groups is 1. The fraction of sp³-hybridized carbons (Fsp3) is 0.125. The van der Waals surface area contributed by atoms with Gasteiger partial charge in [0.1, 0.15) is 0 Å². The topological polar surface area (TPSA) is 104 Å². The molecule has 0 atom stereocenters. The van der Waals surface area contributed by atoms with Gasteiger partial charge in [-0.1, -0.05) is 6.07 Å². The second kappa shape index (κ2) is 3.84. The van der Waals surface area contributed by atoms with E-state index in [1.165, 1.54) is 6.07 Å². The van der Waals surface area contributed by atoms with E-state index in [1.54, 1.807) is 0 Å². The summed E-state index contributed by atoms with van der Waals surface area (Å²) in [6.45, 7) is -0.510. The summed E-state index contributed by atoms with van der Waals surface area (Å²) < 4.78 is 0. The Morgan fingerprint density at radius 1 is 1.50 bits per heavy atom. The summed E-state index contributed by atoms with van der Waals surface area (Å²) >= 11 is 0. The molecule has 0 aliphatic rings. The van der Waals surface area contributed by atoms with E-state index in [0.717, 1.165) is 12.1 Å². The van der Waals surface area contributed by atoms with Crippen molar-refractivity contribution in [1.29, 1.82) is 0 Å². The minimum absolute atomic E-state index is 0.0694. The number of nitrogens with zero attached hydrogens (tertiary/aromatic N) is 1. The number of aliphatic hydroxyl groups excluding tert-OH is 1. The van der Waals surface area contributed by atoms with Gasteiger partial charge in [-0.15, -0.1) is 0 Å². The third kappa shape index (κ3) is 1.86. The molecule has 1 rings (SSSR count). The number of hydrogen-bond donors (Lipinski definition) is 1. The van der Waals surface area contributed by atoms with Gasteiger partial charge >= 0.3 is 0 Å². The number of carbonyl (C=O) groups excluding carboxylic acids is 1. The molecule has 0 amide bonds. The van der Waals surface area contributed by atoms with E-state index in [9.17, 15) is 20.0 Å². The maximum atomic E-state index is 10.4. The Kier molecular flexibility index (Phi) is 2.78. The molecule has 1 aromatic rings. The first kappa shape index (κ1) is 10.1. The quantitative estimate of drug-likeness (QED) is 0.516. The molecule has 0 unspecified atom stereocenters. The van der Waals surface area contributed by atoms with Crippen LogP contribution in [-0.4, -0.2) is 16.0 Å². The molecule has 0 aliphatic heterocycles. The Bertz CT molecular complexity index is 387. The van der Waals surface area contributed by atoms with Crippen molar-refractivity contribution in [3.05, 3.63) is 39.4 Å². The summed E-state index contributed by atoms with van der Waals surface area (Å²) in [5.41, 5.74) is -0.636. The van der Waals surface area contributed by atoms with Gasteiger partial charge in [0.25, 0.3) is 5.69 Å². The highest BCUT2D eigenvalue weighted by Crippen LogP contribution is 2.19. The number of nitro groups is 1. The van der Waals surface area contributed by atoms with Crippen LogP contribution in [0.3, 0.4) is 0 Å². The number of benzene rings is 1. The van der Waals surface area contributed by atoms with Gasteiger partial charge in [-0.2, -0.15) is 0 Å². The number of nitro benzene ring substituents is 1. The molecular formula is C8H6NO5-. The molecule has 0 spiro atoms. The van der Waals surface area contributed by atoms with Crippen LogP contribution in [0.1, 0.15) is 15.9 Å². The zero-order valence-corrected chi connectivity index (χ0v) is 6.97. The van der Waals surface area contributed by atoms with Crippen molar-refractivity contribution in [2.75, 3.05) is 0 Å². The predicted molar refractivity (Wildman–Crippen MR) is 43.3 cm³/mol. The van der Waals surface area contributed by atoms with Crippen LogP contribution in [-0.2, 0) is 6.61 Å². The Morgan fingerprint density at radius 3 is 2.57 bits per heavy atom. The molecule has 6 nitrogen and oxygen atoms in total. The summed E-state index contributed by atoms with van der Waals surface area (Å²) in [6, 6.07) is 3.19. The van der Waals surface area contributed by atoms with E-state index in [0.29, 0.717) is 0 Å². The van der Waals surface area contributed by atoms with Crippen molar-refractivity contribution >= 4 is 11.7 Å². The van der Waals surface area contributed by atoms with Crippen molar-refractivity contribution in [2.24, 2.45) is 0 Å². The standard InChI is InChI=1S/C8H7NO5/c10-4-6-2-1-5(8(11)12)3-7(6)9(13)14/h1-3,10H,4H2,(H,11,12)/p-1. The normalized spacial score (nSPS) is 9.79. The van der Waals surface area contributed by atoms with Crippen LogP contribution < -0.4 is 5.11 Å². The number of aliphatic hydroxyl groups is 1. The molecule has 0 aromatic heterocycles. The minimum Gasteiger partial charge on any atom is -0.545 e. The fourth-order valence-corrected chi connectivity index (χ4v) is 0.994. The molecule has 0 radical (unpaired) electrons. The van der Waals surface area contributed by atoms with Crippen LogP contribution >= 0.6 is 0 Å². The Hall–Kier alpha value is -1.95. The number of hydrogen-bond acceptors (Lipinski definition) is 5. The van der Waals surface area contributed by atoms with E-state index in [2.05, 4.69) is 0 Å². The van der Waals surface area contributed by atoms with Crippen LogP contribution in [0.4, 0.5) is 5.69 Å². The molecule has 0 saturated heterocycles. The average molecular weight is 196 g/mol. The second-order valence-corrected chi connectivity index (χ2v) is 2.55. The molecule has 14 heavy (non-hydrogen) atoms. The summed E-state index contributed by atoms with van der Waals surface area (Å²) in [5.74, 6) is -1.49. The van der Waals surface area contributed by atoms with Crippen LogP contribution in [0.2, 0.25) is 0 Å². The van der Waals surface area contributed by atoms with Gasteiger partial charge in [0.2, 0.25) is 0 Å². The van der Waals surface area contributed by atoms with Crippen LogP contribution in [0.25, 0.3) is 0 Å². The predicted octanol–water partition coefficient (Wildman–Crippen LogP) is -0.549. The van der Waals surface area contributed by atoms with Gasteiger partial charge in [0, 0.05) is 11.6 Å².